The maximum Gasteiger partial charge on any atom is 0.289 e. The predicted molar refractivity (Wildman–Crippen MR) is 82.2 cm³/mol. The zero-order valence-corrected chi connectivity index (χ0v) is 13.9. The van der Waals surface area contributed by atoms with Gasteiger partial charge in [-0.05, 0) is 25.0 Å². The highest BCUT2D eigenvalue weighted by atomic mass is 35.5. The third-order valence-electron chi connectivity index (χ3n) is 3.21. The molecule has 0 saturated heterocycles. The van der Waals surface area contributed by atoms with Crippen LogP contribution in [0.25, 0.3) is 0 Å². The van der Waals surface area contributed by atoms with Crippen LogP contribution in [0, 0.1) is 17.0 Å². The van der Waals surface area contributed by atoms with Crippen molar-refractivity contribution in [3.8, 4) is 0 Å². The minimum Gasteiger partial charge on any atom is -0.258 e. The van der Waals surface area contributed by atoms with Crippen molar-refractivity contribution >= 4 is 27.3 Å². The van der Waals surface area contributed by atoms with Crippen LogP contribution in [0.1, 0.15) is 31.7 Å². The lowest BCUT2D eigenvalue weighted by Gasteiger charge is -2.18. The maximum atomic E-state index is 12.5. The summed E-state index contributed by atoms with van der Waals surface area (Å²) in [6.45, 7) is 3.98. The van der Waals surface area contributed by atoms with Gasteiger partial charge in [0.25, 0.3) is 5.69 Å². The Bertz CT molecular complexity index is 631. The summed E-state index contributed by atoms with van der Waals surface area (Å²) in [6.07, 6.45) is 2.67. The molecule has 0 aliphatic rings. The number of nitro benzene ring substituents is 1. The van der Waals surface area contributed by atoms with Gasteiger partial charge in [-0.15, -0.1) is 0 Å². The van der Waals surface area contributed by atoms with Gasteiger partial charge < -0.3 is 0 Å². The number of sulfonamides is 1. The largest absolute Gasteiger partial charge is 0.289 e. The third-order valence-corrected chi connectivity index (χ3v) is 5.51. The van der Waals surface area contributed by atoms with Crippen molar-refractivity contribution in [1.29, 1.82) is 0 Å². The van der Waals surface area contributed by atoms with E-state index in [2.05, 4.69) is 0 Å². The van der Waals surface area contributed by atoms with E-state index >= 15 is 0 Å². The first-order valence-electron chi connectivity index (χ1n) is 6.62. The van der Waals surface area contributed by atoms with E-state index in [9.17, 15) is 18.5 Å². The average molecular weight is 335 g/mol. The van der Waals surface area contributed by atoms with E-state index < -0.39 is 20.6 Å². The Kier molecular flexibility index (Phi) is 6.12. The van der Waals surface area contributed by atoms with Crippen LogP contribution < -0.4 is 0 Å². The van der Waals surface area contributed by atoms with Gasteiger partial charge in [0.05, 0.1) is 9.82 Å². The summed E-state index contributed by atoms with van der Waals surface area (Å²) in [5, 5.41) is 10.8. The van der Waals surface area contributed by atoms with Crippen molar-refractivity contribution in [2.45, 2.75) is 38.0 Å². The van der Waals surface area contributed by atoms with Gasteiger partial charge in [0, 0.05) is 19.7 Å². The van der Waals surface area contributed by atoms with Crippen molar-refractivity contribution in [3.63, 3.8) is 0 Å². The van der Waals surface area contributed by atoms with Crippen LogP contribution in [-0.2, 0) is 10.0 Å². The highest BCUT2D eigenvalue weighted by Crippen LogP contribution is 2.31. The summed E-state index contributed by atoms with van der Waals surface area (Å²) in [5.41, 5.74) is -0.00394. The number of nitrogens with zero attached hydrogens (tertiary/aromatic N) is 2. The Labute approximate surface area is 129 Å². The molecule has 0 N–H and O–H groups in total. The van der Waals surface area contributed by atoms with Crippen LogP contribution in [0.2, 0.25) is 5.02 Å². The lowest BCUT2D eigenvalue weighted by atomic mass is 10.2. The fourth-order valence-electron chi connectivity index (χ4n) is 1.93. The quantitative estimate of drug-likeness (QED) is 0.435. The van der Waals surface area contributed by atoms with Crippen molar-refractivity contribution in [3.05, 3.63) is 32.8 Å². The summed E-state index contributed by atoms with van der Waals surface area (Å²) >= 11 is 5.78. The normalized spacial score (nSPS) is 11.9. The van der Waals surface area contributed by atoms with Gasteiger partial charge in [0.1, 0.15) is 5.02 Å². The number of halogens is 1. The molecule has 1 aromatic carbocycles. The fourth-order valence-corrected chi connectivity index (χ4v) is 3.65. The molecule has 0 aliphatic heterocycles. The number of hydrogen-bond acceptors (Lipinski definition) is 4. The van der Waals surface area contributed by atoms with E-state index in [1.165, 1.54) is 17.4 Å². The molecule has 0 amide bonds. The first kappa shape index (κ1) is 17.9. The Morgan fingerprint density at radius 3 is 2.48 bits per heavy atom. The molecule has 0 saturated carbocycles. The molecule has 0 radical (unpaired) electrons. The highest BCUT2D eigenvalue weighted by molar-refractivity contribution is 7.89. The lowest BCUT2D eigenvalue weighted by Crippen LogP contribution is -2.28. The van der Waals surface area contributed by atoms with E-state index in [4.69, 9.17) is 11.6 Å². The van der Waals surface area contributed by atoms with Gasteiger partial charge in [-0.2, -0.15) is 0 Å². The number of aryl methyl sites for hydroxylation is 1. The summed E-state index contributed by atoms with van der Waals surface area (Å²) in [4.78, 5) is 10.2. The van der Waals surface area contributed by atoms with E-state index in [0.717, 1.165) is 25.3 Å². The standard InChI is InChI=1S/C13H19ClN2O4S/c1-4-5-6-7-15(3)21(19,20)13-9-12(16(17)18)11(14)8-10(13)2/h8-9H,4-7H2,1-3H3. The van der Waals surface area contributed by atoms with Gasteiger partial charge in [-0.3, -0.25) is 10.1 Å². The van der Waals surface area contributed by atoms with Crippen molar-refractivity contribution in [2.75, 3.05) is 13.6 Å². The second-order valence-corrected chi connectivity index (χ2v) is 7.28. The molecule has 1 aromatic rings. The van der Waals surface area contributed by atoms with Gasteiger partial charge in [0.2, 0.25) is 10.0 Å². The predicted octanol–water partition coefficient (Wildman–Crippen LogP) is 3.37. The van der Waals surface area contributed by atoms with E-state index in [0.29, 0.717) is 12.1 Å². The Morgan fingerprint density at radius 2 is 1.95 bits per heavy atom. The number of hydrogen-bond donors (Lipinski definition) is 0. The zero-order valence-electron chi connectivity index (χ0n) is 12.3. The van der Waals surface area contributed by atoms with Crippen LogP contribution in [-0.4, -0.2) is 31.2 Å². The first-order valence-corrected chi connectivity index (χ1v) is 8.44. The van der Waals surface area contributed by atoms with Crippen molar-refractivity contribution in [2.24, 2.45) is 0 Å². The SMILES string of the molecule is CCCCCN(C)S(=O)(=O)c1cc([N+](=O)[O-])c(Cl)cc1C. The number of benzene rings is 1. The zero-order chi connectivity index (χ0) is 16.2. The molecule has 6 nitrogen and oxygen atoms in total. The van der Waals surface area contributed by atoms with Crippen LogP contribution in [0.4, 0.5) is 5.69 Å². The van der Waals surface area contributed by atoms with Gasteiger partial charge in [-0.1, -0.05) is 31.4 Å². The molecular formula is C13H19ClN2O4S. The molecule has 8 heteroatoms. The highest BCUT2D eigenvalue weighted by Gasteiger charge is 2.26. The molecule has 0 atom stereocenters. The minimum absolute atomic E-state index is 0.0647. The summed E-state index contributed by atoms with van der Waals surface area (Å²) < 4.78 is 26.2. The van der Waals surface area contributed by atoms with Gasteiger partial charge >= 0.3 is 0 Å². The molecular weight excluding hydrogens is 316 g/mol. The van der Waals surface area contributed by atoms with E-state index in [-0.39, 0.29) is 9.92 Å². The maximum absolute atomic E-state index is 12.5. The van der Waals surface area contributed by atoms with Crippen LogP contribution in [0.3, 0.4) is 0 Å². The van der Waals surface area contributed by atoms with Crippen molar-refractivity contribution in [1.82, 2.24) is 4.31 Å². The molecule has 118 valence electrons. The molecule has 1 rings (SSSR count). The Hall–Kier alpha value is -1.18. The number of rotatable bonds is 7. The summed E-state index contributed by atoms with van der Waals surface area (Å²) in [7, 11) is -2.28. The first-order chi connectivity index (χ1) is 9.71. The van der Waals surface area contributed by atoms with Crippen LogP contribution in [0.15, 0.2) is 17.0 Å². The van der Waals surface area contributed by atoms with Crippen LogP contribution >= 0.6 is 11.6 Å². The van der Waals surface area contributed by atoms with Gasteiger partial charge in [0.15, 0.2) is 0 Å². The fraction of sp³-hybridized carbons (Fsp3) is 0.538. The molecule has 0 heterocycles. The molecule has 0 bridgehead atoms. The Morgan fingerprint density at radius 1 is 1.33 bits per heavy atom. The molecule has 21 heavy (non-hydrogen) atoms. The van der Waals surface area contributed by atoms with E-state index in [1.807, 2.05) is 6.92 Å². The topological polar surface area (TPSA) is 80.5 Å². The molecule has 0 unspecified atom stereocenters. The monoisotopic (exact) mass is 334 g/mol. The molecule has 0 aromatic heterocycles. The second kappa shape index (κ2) is 7.20. The second-order valence-electron chi connectivity index (χ2n) is 4.86. The van der Waals surface area contributed by atoms with Crippen LogP contribution in [0.5, 0.6) is 0 Å². The van der Waals surface area contributed by atoms with Gasteiger partial charge in [-0.25, -0.2) is 12.7 Å². The molecule has 0 aliphatic carbocycles. The summed E-state index contributed by atoms with van der Waals surface area (Å²) in [6, 6.07) is 2.34. The lowest BCUT2D eigenvalue weighted by molar-refractivity contribution is -0.384. The average Bonchev–Trinajstić information content (AvgIpc) is 2.37. The third kappa shape index (κ3) is 4.15. The van der Waals surface area contributed by atoms with E-state index in [1.54, 1.807) is 6.92 Å². The summed E-state index contributed by atoms with van der Waals surface area (Å²) in [5.74, 6) is 0. The minimum atomic E-state index is -3.75. The number of nitro groups is 1. The molecule has 0 spiro atoms. The smallest absolute Gasteiger partial charge is 0.258 e. The van der Waals surface area contributed by atoms with Crippen molar-refractivity contribution < 1.29 is 13.3 Å². The Balaban J connectivity index is 3.19. The molecule has 0 fully saturated rings. The number of unbranched alkanes of at least 4 members (excludes halogenated alkanes) is 2.